The molecule has 0 saturated heterocycles. The van der Waals surface area contributed by atoms with Gasteiger partial charge in [-0.3, -0.25) is 4.72 Å². The number of hydrogen-bond donors (Lipinski definition) is 2. The summed E-state index contributed by atoms with van der Waals surface area (Å²) >= 11 is 5.79. The van der Waals surface area contributed by atoms with E-state index in [4.69, 9.17) is 11.6 Å². The molecule has 11 heteroatoms. The maximum absolute atomic E-state index is 13.6. The predicted molar refractivity (Wildman–Crippen MR) is 75.8 cm³/mol. The Morgan fingerprint density at radius 1 is 1.38 bits per heavy atom. The van der Waals surface area contributed by atoms with Crippen LogP contribution < -0.4 is 10.3 Å². The van der Waals surface area contributed by atoms with Crippen LogP contribution in [0.2, 0.25) is 5.02 Å². The molecule has 0 amide bonds. The van der Waals surface area contributed by atoms with Crippen molar-refractivity contribution in [3.05, 3.63) is 41.1 Å². The SMILES string of the molecule is O=S(=O)(Nc1c(F)cccc1Cl)N1C=C2N=CN=CN2N1. The first-order chi connectivity index (χ1) is 9.97. The Bertz CT molecular complexity index is 758. The van der Waals surface area contributed by atoms with E-state index in [-0.39, 0.29) is 10.7 Å². The second kappa shape index (κ2) is 4.98. The molecule has 0 unspecified atom stereocenters. The van der Waals surface area contributed by atoms with Crippen LogP contribution in [0.5, 0.6) is 0 Å². The lowest BCUT2D eigenvalue weighted by Gasteiger charge is -2.21. The van der Waals surface area contributed by atoms with Crippen molar-refractivity contribution in [1.82, 2.24) is 15.0 Å². The van der Waals surface area contributed by atoms with Gasteiger partial charge in [-0.2, -0.15) is 12.8 Å². The third-order valence-corrected chi connectivity index (χ3v) is 4.06. The smallest absolute Gasteiger partial charge is 0.261 e. The monoisotopic (exact) mass is 330 g/mol. The molecule has 0 aromatic heterocycles. The standard InChI is InChI=1S/C10H8ClFN6O2S/c11-7-2-1-3-8(12)10(7)15-21(19,20)18-4-9-14-5-13-6-17(9)16-18/h1-6,15-16H. The van der Waals surface area contributed by atoms with Crippen LogP contribution in [-0.2, 0) is 10.2 Å². The highest BCUT2D eigenvalue weighted by Crippen LogP contribution is 2.27. The number of aliphatic imine (C=N–C) groups is 2. The first-order valence-electron chi connectivity index (χ1n) is 5.57. The average Bonchev–Trinajstić information content (AvgIpc) is 2.88. The maximum atomic E-state index is 13.6. The maximum Gasteiger partial charge on any atom is 0.338 e. The number of para-hydroxylation sites is 1. The zero-order valence-corrected chi connectivity index (χ0v) is 11.8. The van der Waals surface area contributed by atoms with Gasteiger partial charge in [-0.25, -0.2) is 19.4 Å². The van der Waals surface area contributed by atoms with Gasteiger partial charge in [0.25, 0.3) is 0 Å². The molecule has 1 aromatic carbocycles. The van der Waals surface area contributed by atoms with Crippen molar-refractivity contribution >= 4 is 40.2 Å². The van der Waals surface area contributed by atoms with E-state index >= 15 is 0 Å². The number of nitrogens with one attached hydrogen (secondary N) is 2. The molecule has 8 nitrogen and oxygen atoms in total. The van der Waals surface area contributed by atoms with Gasteiger partial charge >= 0.3 is 10.2 Å². The van der Waals surface area contributed by atoms with Crippen LogP contribution in [-0.4, -0.2) is 30.5 Å². The highest BCUT2D eigenvalue weighted by molar-refractivity contribution is 7.90. The molecule has 0 radical (unpaired) electrons. The number of hydrogen-bond acceptors (Lipinski definition) is 6. The number of hydrazine groups is 2. The first-order valence-corrected chi connectivity index (χ1v) is 7.38. The zero-order chi connectivity index (χ0) is 15.0. The van der Waals surface area contributed by atoms with Crippen molar-refractivity contribution in [1.29, 1.82) is 0 Å². The summed E-state index contributed by atoms with van der Waals surface area (Å²) in [6, 6.07) is 3.84. The van der Waals surface area contributed by atoms with E-state index in [0.717, 1.165) is 10.5 Å². The minimum Gasteiger partial charge on any atom is -0.261 e. The fourth-order valence-electron chi connectivity index (χ4n) is 1.62. The lowest BCUT2D eigenvalue weighted by atomic mass is 10.3. The largest absolute Gasteiger partial charge is 0.338 e. The molecule has 3 rings (SSSR count). The van der Waals surface area contributed by atoms with Crippen LogP contribution in [0.4, 0.5) is 10.1 Å². The van der Waals surface area contributed by atoms with E-state index in [1.165, 1.54) is 36.0 Å². The third-order valence-electron chi connectivity index (χ3n) is 2.58. The number of anilines is 1. The van der Waals surface area contributed by atoms with Crippen molar-refractivity contribution in [2.75, 3.05) is 4.72 Å². The summed E-state index contributed by atoms with van der Waals surface area (Å²) in [5.74, 6) is -0.467. The summed E-state index contributed by atoms with van der Waals surface area (Å²) in [6.45, 7) is 0. The van der Waals surface area contributed by atoms with E-state index < -0.39 is 16.0 Å². The summed E-state index contributed by atoms with van der Waals surface area (Å²) in [5.41, 5.74) is 2.16. The summed E-state index contributed by atoms with van der Waals surface area (Å²) in [4.78, 5) is 7.60. The average molecular weight is 331 g/mol. The van der Waals surface area contributed by atoms with Gasteiger partial charge in [0.1, 0.15) is 24.2 Å². The number of fused-ring (bicyclic) bond motifs is 1. The van der Waals surface area contributed by atoms with E-state index in [9.17, 15) is 12.8 Å². The highest BCUT2D eigenvalue weighted by atomic mass is 35.5. The van der Waals surface area contributed by atoms with E-state index in [0.29, 0.717) is 5.82 Å². The molecule has 2 N–H and O–H groups in total. The number of rotatable bonds is 3. The van der Waals surface area contributed by atoms with E-state index in [1.54, 1.807) is 0 Å². The molecule has 2 aliphatic heterocycles. The molecule has 110 valence electrons. The Morgan fingerprint density at radius 2 is 2.19 bits per heavy atom. The molecule has 0 fully saturated rings. The summed E-state index contributed by atoms with van der Waals surface area (Å²) in [7, 11) is -4.12. The molecule has 0 spiro atoms. The number of halogens is 2. The number of benzene rings is 1. The van der Waals surface area contributed by atoms with Gasteiger partial charge in [-0.15, -0.1) is 5.53 Å². The Morgan fingerprint density at radius 3 is 2.90 bits per heavy atom. The summed E-state index contributed by atoms with van der Waals surface area (Å²) < 4.78 is 40.9. The molecular formula is C10H8ClFN6O2S. The third kappa shape index (κ3) is 2.55. The lowest BCUT2D eigenvalue weighted by Crippen LogP contribution is -2.45. The molecule has 1 aromatic rings. The van der Waals surface area contributed by atoms with Crippen LogP contribution in [0.25, 0.3) is 0 Å². The predicted octanol–water partition coefficient (Wildman–Crippen LogP) is 1.04. The van der Waals surface area contributed by atoms with E-state index in [2.05, 4.69) is 20.2 Å². The van der Waals surface area contributed by atoms with Gasteiger partial charge in [-0.1, -0.05) is 17.7 Å². The Kier molecular flexibility index (Phi) is 3.27. The number of nitrogens with zero attached hydrogens (tertiary/aromatic N) is 4. The Balaban J connectivity index is 1.87. The second-order valence-corrected chi connectivity index (χ2v) is 5.92. The summed E-state index contributed by atoms with van der Waals surface area (Å²) in [6.07, 6.45) is 3.81. The van der Waals surface area contributed by atoms with Crippen molar-refractivity contribution in [2.45, 2.75) is 0 Å². The summed E-state index contributed by atoms with van der Waals surface area (Å²) in [5, 5.41) is 1.23. The van der Waals surface area contributed by atoms with E-state index in [1.807, 2.05) is 0 Å². The minimum absolute atomic E-state index is 0.0530. The highest BCUT2D eigenvalue weighted by Gasteiger charge is 2.30. The van der Waals surface area contributed by atoms with Gasteiger partial charge in [0.15, 0.2) is 5.82 Å². The second-order valence-electron chi connectivity index (χ2n) is 3.97. The molecule has 0 saturated carbocycles. The van der Waals surface area contributed by atoms with Crippen LogP contribution in [0.3, 0.4) is 0 Å². The first kappa shape index (κ1) is 13.8. The van der Waals surface area contributed by atoms with Gasteiger partial charge in [0, 0.05) is 0 Å². The van der Waals surface area contributed by atoms with Crippen LogP contribution >= 0.6 is 11.6 Å². The fourth-order valence-corrected chi connectivity index (χ4v) is 2.88. The zero-order valence-electron chi connectivity index (χ0n) is 10.2. The molecule has 2 heterocycles. The normalized spacial score (nSPS) is 17.0. The van der Waals surface area contributed by atoms with Crippen LogP contribution in [0.1, 0.15) is 0 Å². The van der Waals surface area contributed by atoms with Gasteiger partial charge < -0.3 is 0 Å². The van der Waals surface area contributed by atoms with Crippen LogP contribution in [0.15, 0.2) is 40.2 Å². The van der Waals surface area contributed by atoms with Crippen molar-refractivity contribution < 1.29 is 12.8 Å². The van der Waals surface area contributed by atoms with Crippen molar-refractivity contribution in [3.8, 4) is 0 Å². The minimum atomic E-state index is -4.12. The van der Waals surface area contributed by atoms with Crippen molar-refractivity contribution in [3.63, 3.8) is 0 Å². The molecule has 0 atom stereocenters. The van der Waals surface area contributed by atoms with Gasteiger partial charge in [0.05, 0.1) is 11.2 Å². The quantitative estimate of drug-likeness (QED) is 0.866. The molecular weight excluding hydrogens is 323 g/mol. The fraction of sp³-hybridized carbons (Fsp3) is 0. The molecule has 21 heavy (non-hydrogen) atoms. The molecule has 0 aliphatic carbocycles. The Labute approximate surface area is 124 Å². The Hall–Kier alpha value is -2.17. The topological polar surface area (TPSA) is 89.4 Å². The van der Waals surface area contributed by atoms with Crippen LogP contribution in [0, 0.1) is 5.82 Å². The van der Waals surface area contributed by atoms with Gasteiger partial charge in [-0.05, 0) is 12.1 Å². The molecule has 0 bridgehead atoms. The van der Waals surface area contributed by atoms with Gasteiger partial charge in [0.2, 0.25) is 0 Å². The lowest BCUT2D eigenvalue weighted by molar-refractivity contribution is 0.285. The van der Waals surface area contributed by atoms with Crippen molar-refractivity contribution in [2.24, 2.45) is 9.98 Å². The molecule has 2 aliphatic rings.